The van der Waals surface area contributed by atoms with E-state index in [0.717, 1.165) is 30.3 Å². The smallest absolute Gasteiger partial charge is 0.110 e. The van der Waals surface area contributed by atoms with Crippen molar-refractivity contribution in [2.75, 3.05) is 13.2 Å². The predicted molar refractivity (Wildman–Crippen MR) is 86.4 cm³/mol. The van der Waals surface area contributed by atoms with E-state index in [1.54, 1.807) is 11.3 Å². The van der Waals surface area contributed by atoms with Crippen LogP contribution in [0.2, 0.25) is 0 Å². The standard InChI is InChI=1S/C16H27N3OS/c1-10-8-21-14(19-10)11(2)18-9-16(17)12-6-5-7-20-13(12)15(16,3)4/h8,11-13,18H,5-7,9,17H2,1-4H3. The number of ether oxygens (including phenoxy) is 1. The number of thiazole rings is 1. The number of nitrogens with two attached hydrogens (primary N) is 1. The molecule has 0 aromatic carbocycles. The average molecular weight is 309 g/mol. The minimum absolute atomic E-state index is 0.0314. The van der Waals surface area contributed by atoms with Gasteiger partial charge in [0.25, 0.3) is 0 Å². The second kappa shape index (κ2) is 5.30. The molecule has 2 fully saturated rings. The molecule has 0 amide bonds. The molecule has 0 spiro atoms. The Bertz CT molecular complexity index is 515. The minimum atomic E-state index is -0.182. The zero-order valence-electron chi connectivity index (χ0n) is 13.5. The van der Waals surface area contributed by atoms with Crippen molar-refractivity contribution in [3.05, 3.63) is 16.1 Å². The fourth-order valence-corrected chi connectivity index (χ4v) is 4.83. The van der Waals surface area contributed by atoms with Gasteiger partial charge in [-0.1, -0.05) is 13.8 Å². The lowest BCUT2D eigenvalue weighted by Crippen LogP contribution is -2.80. The molecule has 4 nitrogen and oxygen atoms in total. The molecular weight excluding hydrogens is 282 g/mol. The first-order valence-corrected chi connectivity index (χ1v) is 8.80. The first-order valence-electron chi connectivity index (χ1n) is 7.92. The lowest BCUT2D eigenvalue weighted by atomic mass is 9.46. The lowest BCUT2D eigenvalue weighted by molar-refractivity contribution is -0.226. The first-order chi connectivity index (χ1) is 9.86. The number of hydrogen-bond donors (Lipinski definition) is 2. The maximum atomic E-state index is 6.81. The maximum Gasteiger partial charge on any atom is 0.110 e. The predicted octanol–water partition coefficient (Wildman–Crippen LogP) is 2.63. The highest BCUT2D eigenvalue weighted by Gasteiger charge is 2.66. The number of hydrogen-bond acceptors (Lipinski definition) is 5. The molecule has 1 aliphatic carbocycles. The lowest BCUT2D eigenvalue weighted by Gasteiger charge is -2.66. The van der Waals surface area contributed by atoms with Gasteiger partial charge in [0.05, 0.1) is 12.1 Å². The molecule has 1 aromatic heterocycles. The minimum Gasteiger partial charge on any atom is -0.377 e. The largest absolute Gasteiger partial charge is 0.377 e. The first kappa shape index (κ1) is 15.4. The number of fused-ring (bicyclic) bond motifs is 1. The highest BCUT2D eigenvalue weighted by atomic mass is 32.1. The summed E-state index contributed by atoms with van der Waals surface area (Å²) in [6.07, 6.45) is 2.66. The quantitative estimate of drug-likeness (QED) is 0.897. The van der Waals surface area contributed by atoms with Crippen LogP contribution in [0, 0.1) is 18.3 Å². The normalized spacial score (nSPS) is 35.9. The van der Waals surface area contributed by atoms with Crippen molar-refractivity contribution in [2.24, 2.45) is 17.1 Å². The molecule has 2 aliphatic rings. The third kappa shape index (κ3) is 2.34. The Morgan fingerprint density at radius 1 is 1.57 bits per heavy atom. The molecule has 3 rings (SSSR count). The number of nitrogens with one attached hydrogen (secondary N) is 1. The van der Waals surface area contributed by atoms with Gasteiger partial charge in [0.1, 0.15) is 5.01 Å². The van der Waals surface area contributed by atoms with Gasteiger partial charge in [-0.3, -0.25) is 0 Å². The fraction of sp³-hybridized carbons (Fsp3) is 0.812. The Hall–Kier alpha value is -0.490. The summed E-state index contributed by atoms with van der Waals surface area (Å²) >= 11 is 1.72. The van der Waals surface area contributed by atoms with Crippen molar-refractivity contribution >= 4 is 11.3 Å². The number of aromatic nitrogens is 1. The van der Waals surface area contributed by atoms with E-state index in [4.69, 9.17) is 10.5 Å². The SMILES string of the molecule is Cc1csc(C(C)NCC2(N)C3CCCOC3C2(C)C)n1. The van der Waals surface area contributed by atoms with Crippen molar-refractivity contribution in [2.45, 2.75) is 58.2 Å². The van der Waals surface area contributed by atoms with Crippen LogP contribution in [0.25, 0.3) is 0 Å². The summed E-state index contributed by atoms with van der Waals surface area (Å²) in [6.45, 7) is 10.4. The van der Waals surface area contributed by atoms with Crippen LogP contribution < -0.4 is 11.1 Å². The van der Waals surface area contributed by atoms with Gasteiger partial charge in [-0.15, -0.1) is 11.3 Å². The molecule has 4 unspecified atom stereocenters. The zero-order chi connectivity index (χ0) is 15.3. The van der Waals surface area contributed by atoms with Crippen molar-refractivity contribution in [1.29, 1.82) is 0 Å². The summed E-state index contributed by atoms with van der Waals surface area (Å²) in [5.41, 5.74) is 7.75. The third-order valence-electron chi connectivity index (χ3n) is 5.60. The van der Waals surface area contributed by atoms with Crippen LogP contribution in [0.4, 0.5) is 0 Å². The van der Waals surface area contributed by atoms with Crippen molar-refractivity contribution in [3.63, 3.8) is 0 Å². The summed E-state index contributed by atoms with van der Waals surface area (Å²) in [5, 5.41) is 6.86. The summed E-state index contributed by atoms with van der Waals surface area (Å²) in [7, 11) is 0. The number of nitrogens with zero attached hydrogens (tertiary/aromatic N) is 1. The highest BCUT2D eigenvalue weighted by Crippen LogP contribution is 2.57. The Labute approximate surface area is 131 Å². The Morgan fingerprint density at radius 3 is 3.00 bits per heavy atom. The van der Waals surface area contributed by atoms with E-state index < -0.39 is 0 Å². The molecule has 0 bridgehead atoms. The Balaban J connectivity index is 1.66. The van der Waals surface area contributed by atoms with Crippen LogP contribution in [-0.2, 0) is 4.74 Å². The molecule has 4 atom stereocenters. The van der Waals surface area contributed by atoms with Crippen LogP contribution >= 0.6 is 11.3 Å². The van der Waals surface area contributed by atoms with Gasteiger partial charge >= 0.3 is 0 Å². The van der Waals surface area contributed by atoms with Crippen LogP contribution in [-0.4, -0.2) is 29.8 Å². The average Bonchev–Trinajstić information content (AvgIpc) is 2.91. The molecule has 0 radical (unpaired) electrons. The van der Waals surface area contributed by atoms with E-state index in [9.17, 15) is 0 Å². The highest BCUT2D eigenvalue weighted by molar-refractivity contribution is 7.09. The van der Waals surface area contributed by atoms with E-state index in [2.05, 4.69) is 36.5 Å². The van der Waals surface area contributed by atoms with Crippen LogP contribution in [0.1, 0.15) is 50.4 Å². The summed E-state index contributed by atoms with van der Waals surface area (Å²) in [6, 6.07) is 0.253. The van der Waals surface area contributed by atoms with E-state index in [1.165, 1.54) is 6.42 Å². The molecule has 5 heteroatoms. The van der Waals surface area contributed by atoms with Gasteiger partial charge < -0.3 is 15.8 Å². The van der Waals surface area contributed by atoms with Gasteiger partial charge in [0.15, 0.2) is 0 Å². The van der Waals surface area contributed by atoms with E-state index in [1.807, 2.05) is 6.92 Å². The van der Waals surface area contributed by atoms with Crippen LogP contribution in [0.3, 0.4) is 0 Å². The van der Waals surface area contributed by atoms with Crippen molar-refractivity contribution < 1.29 is 4.74 Å². The van der Waals surface area contributed by atoms with Crippen LogP contribution in [0.15, 0.2) is 5.38 Å². The monoisotopic (exact) mass is 309 g/mol. The van der Waals surface area contributed by atoms with Gasteiger partial charge in [-0.05, 0) is 26.7 Å². The topological polar surface area (TPSA) is 60.2 Å². The number of rotatable bonds is 4. The number of aryl methyl sites for hydroxylation is 1. The second-order valence-electron chi connectivity index (χ2n) is 7.23. The molecule has 21 heavy (non-hydrogen) atoms. The second-order valence-corrected chi connectivity index (χ2v) is 8.12. The fourth-order valence-electron chi connectivity index (χ4n) is 4.01. The molecule has 1 saturated carbocycles. The molecule has 118 valence electrons. The van der Waals surface area contributed by atoms with Crippen LogP contribution in [0.5, 0.6) is 0 Å². The van der Waals surface area contributed by atoms with E-state index in [0.29, 0.717) is 12.0 Å². The Morgan fingerprint density at radius 2 is 2.33 bits per heavy atom. The van der Waals surface area contributed by atoms with Gasteiger partial charge in [0, 0.05) is 41.1 Å². The molecule has 1 aromatic rings. The van der Waals surface area contributed by atoms with E-state index >= 15 is 0 Å². The molecule has 2 heterocycles. The maximum absolute atomic E-state index is 6.81. The molecule has 1 aliphatic heterocycles. The zero-order valence-corrected chi connectivity index (χ0v) is 14.3. The summed E-state index contributed by atoms with van der Waals surface area (Å²) in [5.74, 6) is 0.485. The Kier molecular flexibility index (Phi) is 3.89. The molecule has 1 saturated heterocycles. The molecule has 3 N–H and O–H groups in total. The van der Waals surface area contributed by atoms with Crippen molar-refractivity contribution in [1.82, 2.24) is 10.3 Å². The van der Waals surface area contributed by atoms with Gasteiger partial charge in [-0.2, -0.15) is 0 Å². The molecular formula is C16H27N3OS. The van der Waals surface area contributed by atoms with Gasteiger partial charge in [-0.25, -0.2) is 4.98 Å². The van der Waals surface area contributed by atoms with Crippen molar-refractivity contribution in [3.8, 4) is 0 Å². The van der Waals surface area contributed by atoms with Gasteiger partial charge in [0.2, 0.25) is 0 Å². The summed E-state index contributed by atoms with van der Waals surface area (Å²) in [4.78, 5) is 4.56. The third-order valence-corrected chi connectivity index (χ3v) is 6.75. The summed E-state index contributed by atoms with van der Waals surface area (Å²) < 4.78 is 5.96. The van der Waals surface area contributed by atoms with E-state index in [-0.39, 0.29) is 17.0 Å².